The minimum Gasteiger partial charge on any atom is -0.463 e. The van der Waals surface area contributed by atoms with Crippen LogP contribution in [-0.2, 0) is 96.1 Å². The van der Waals surface area contributed by atoms with E-state index in [1.165, 1.54) is 49.4 Å². The van der Waals surface area contributed by atoms with E-state index in [9.17, 15) is 47.9 Å². The molecule has 5 heterocycles. The van der Waals surface area contributed by atoms with E-state index in [2.05, 4.69) is 10.2 Å². The zero-order valence-electron chi connectivity index (χ0n) is 48.1. The molecule has 0 aromatic heterocycles. The van der Waals surface area contributed by atoms with Crippen molar-refractivity contribution in [3.8, 4) is 23.0 Å². The Kier molecular flexibility index (Phi) is 20.8. The number of carbonyl (C=O) groups excluding carboxylic acids is 10. The van der Waals surface area contributed by atoms with Crippen LogP contribution in [0.3, 0.4) is 0 Å². The number of Topliss-reactive ketones (excluding diaryl/α,β-unsaturated/α-hetero) is 1. The number of ketones is 1. The van der Waals surface area contributed by atoms with E-state index in [4.69, 9.17) is 89.5 Å². The number of hydrogen-bond acceptors (Lipinski definition) is 25. The summed E-state index contributed by atoms with van der Waals surface area (Å²) in [5.41, 5.74) is -1.53. The molecule has 0 bridgehead atoms. The van der Waals surface area contributed by atoms with Crippen molar-refractivity contribution in [2.24, 2.45) is 5.92 Å². The zero-order valence-corrected chi connectivity index (χ0v) is 49.6. The van der Waals surface area contributed by atoms with Gasteiger partial charge in [-0.15, -0.1) is 0 Å². The first-order valence-corrected chi connectivity index (χ1v) is 28.2. The molecule has 464 valence electrons. The first-order valence-electron chi connectivity index (χ1n) is 27.4. The summed E-state index contributed by atoms with van der Waals surface area (Å²) in [5, 5.41) is 2.55. The summed E-state index contributed by atoms with van der Waals surface area (Å²) >= 11 is 14.3. The maximum atomic E-state index is 14.5. The molecule has 5 aliphatic rings. The lowest BCUT2D eigenvalue weighted by Crippen LogP contribution is -2.60. The number of benzene rings is 3. The Bertz CT molecular complexity index is 3150. The number of carbonyl (C=O) groups is 10. The number of esters is 8. The van der Waals surface area contributed by atoms with Crippen molar-refractivity contribution in [1.82, 2.24) is 10.2 Å². The van der Waals surface area contributed by atoms with Gasteiger partial charge in [0.15, 0.2) is 30.0 Å². The fraction of sp³-hybridized carbons (Fsp3) is 0.517. The van der Waals surface area contributed by atoms with Gasteiger partial charge in [0.2, 0.25) is 12.6 Å². The van der Waals surface area contributed by atoms with Crippen LogP contribution >= 0.6 is 23.2 Å². The van der Waals surface area contributed by atoms with Gasteiger partial charge in [0.05, 0.1) is 34.7 Å². The van der Waals surface area contributed by atoms with Gasteiger partial charge in [-0.05, 0) is 44.2 Å². The summed E-state index contributed by atoms with van der Waals surface area (Å²) in [6.07, 6.45) is -13.3. The molecule has 3 aromatic carbocycles. The molecule has 7 unspecified atom stereocenters. The van der Waals surface area contributed by atoms with E-state index in [1.54, 1.807) is 0 Å². The molecule has 11 atom stereocenters. The second kappa shape index (κ2) is 27.8. The minimum absolute atomic E-state index is 0.0300. The van der Waals surface area contributed by atoms with Gasteiger partial charge >= 0.3 is 47.8 Å². The molecular weight excluding hydrogens is 1180 g/mol. The summed E-state index contributed by atoms with van der Waals surface area (Å²) in [6, 6.07) is 9.77. The van der Waals surface area contributed by atoms with Gasteiger partial charge in [0.1, 0.15) is 60.3 Å². The molecule has 1 N–H and O–H groups in total. The van der Waals surface area contributed by atoms with Gasteiger partial charge in [-0.25, -0.2) is 4.79 Å². The van der Waals surface area contributed by atoms with Crippen LogP contribution in [0.2, 0.25) is 10.0 Å². The molecular formula is C58H64Cl2N2O24. The van der Waals surface area contributed by atoms with E-state index in [0.29, 0.717) is 26.2 Å². The van der Waals surface area contributed by atoms with Crippen LogP contribution in [0.15, 0.2) is 42.5 Å². The Hall–Kier alpha value is -7.62. The number of nitrogens with zero attached hydrogens (tertiary/aromatic N) is 1. The van der Waals surface area contributed by atoms with Gasteiger partial charge in [-0.2, -0.15) is 0 Å². The number of amides is 1. The molecule has 3 aromatic rings. The number of fused-ring (bicyclic) bond motifs is 6. The maximum absolute atomic E-state index is 14.5. The van der Waals surface area contributed by atoms with Gasteiger partial charge < -0.3 is 76.4 Å². The Morgan fingerprint density at radius 3 is 1.70 bits per heavy atom. The highest BCUT2D eigenvalue weighted by atomic mass is 35.5. The van der Waals surface area contributed by atoms with Crippen molar-refractivity contribution in [3.63, 3.8) is 0 Å². The monoisotopic (exact) mass is 1240 g/mol. The van der Waals surface area contributed by atoms with Crippen LogP contribution < -0.4 is 19.5 Å². The first kappa shape index (κ1) is 64.4. The van der Waals surface area contributed by atoms with Gasteiger partial charge in [0.25, 0.3) is 5.91 Å². The smallest absolute Gasteiger partial charge is 0.340 e. The number of hydrogen-bond donors (Lipinski definition) is 1. The van der Waals surface area contributed by atoms with Crippen LogP contribution in [0, 0.1) is 5.92 Å². The molecule has 0 radical (unpaired) electrons. The Labute approximate surface area is 502 Å². The van der Waals surface area contributed by atoms with E-state index in [-0.39, 0.29) is 67.3 Å². The fourth-order valence-corrected chi connectivity index (χ4v) is 11.3. The van der Waals surface area contributed by atoms with Crippen molar-refractivity contribution in [2.45, 2.75) is 136 Å². The lowest BCUT2D eigenvalue weighted by atomic mass is 9.77. The zero-order chi connectivity index (χ0) is 62.3. The SMILES string of the molecule is CC(=O)CC1C(OC(C)=O)[C@H](OC(C)=O)C(COC(C)=O)O[C@@H]1Oc1cc2c(cc1Cl)C1(OC(=O)c3cc(C(=O)NCCCN4CCOCC4)ccc31)c1cc(Cl)c(O[C@@H]3OC(COC(C)=O)[C@H](OC(C)=O)C(OC(C)=O)CC3OC(C)=O)cc1O2. The normalized spacial score (nSPS) is 25.6. The highest BCUT2D eigenvalue weighted by molar-refractivity contribution is 6.32. The van der Waals surface area contributed by atoms with Crippen LogP contribution in [0.1, 0.15) is 112 Å². The van der Waals surface area contributed by atoms with Gasteiger partial charge in [0, 0.05) is 115 Å². The van der Waals surface area contributed by atoms with Crippen molar-refractivity contribution < 1.29 is 114 Å². The average molecular weight is 1240 g/mol. The number of ether oxygens (including phenoxy) is 14. The van der Waals surface area contributed by atoms with Gasteiger partial charge in [-0.1, -0.05) is 29.3 Å². The van der Waals surface area contributed by atoms with Crippen LogP contribution in [-0.4, -0.2) is 172 Å². The van der Waals surface area contributed by atoms with E-state index in [0.717, 1.165) is 68.1 Å². The fourth-order valence-electron chi connectivity index (χ4n) is 10.8. The van der Waals surface area contributed by atoms with Crippen molar-refractivity contribution in [3.05, 3.63) is 80.3 Å². The van der Waals surface area contributed by atoms with Crippen LogP contribution in [0.25, 0.3) is 0 Å². The molecule has 86 heavy (non-hydrogen) atoms. The quantitative estimate of drug-likeness (QED) is 0.0884. The molecule has 0 saturated carbocycles. The first-order chi connectivity index (χ1) is 40.8. The molecule has 3 fully saturated rings. The Balaban J connectivity index is 1.23. The predicted octanol–water partition coefficient (Wildman–Crippen LogP) is 4.99. The molecule has 8 rings (SSSR count). The predicted molar refractivity (Wildman–Crippen MR) is 292 cm³/mol. The van der Waals surface area contributed by atoms with Crippen molar-refractivity contribution in [2.75, 3.05) is 52.6 Å². The summed E-state index contributed by atoms with van der Waals surface area (Å²) < 4.78 is 82.9. The third kappa shape index (κ3) is 15.1. The summed E-state index contributed by atoms with van der Waals surface area (Å²) in [7, 11) is 0. The molecule has 26 nitrogen and oxygen atoms in total. The lowest BCUT2D eigenvalue weighted by Gasteiger charge is -2.44. The molecule has 1 amide bonds. The van der Waals surface area contributed by atoms with Gasteiger partial charge in [-0.3, -0.25) is 43.3 Å². The lowest BCUT2D eigenvalue weighted by molar-refractivity contribution is -0.270. The maximum Gasteiger partial charge on any atom is 0.340 e. The molecule has 28 heteroatoms. The third-order valence-corrected chi connectivity index (χ3v) is 14.8. The van der Waals surface area contributed by atoms with Crippen LogP contribution in [0.4, 0.5) is 0 Å². The van der Waals surface area contributed by atoms with E-state index >= 15 is 0 Å². The number of halogens is 2. The van der Waals surface area contributed by atoms with E-state index in [1.807, 2.05) is 0 Å². The molecule has 0 aliphatic carbocycles. The van der Waals surface area contributed by atoms with Crippen molar-refractivity contribution >= 4 is 82.6 Å². The van der Waals surface area contributed by atoms with Crippen molar-refractivity contribution in [1.29, 1.82) is 0 Å². The Morgan fingerprint density at radius 1 is 0.616 bits per heavy atom. The highest BCUT2D eigenvalue weighted by Crippen LogP contribution is 2.59. The second-order valence-corrected chi connectivity index (χ2v) is 21.6. The number of rotatable bonds is 20. The molecule has 5 aliphatic heterocycles. The number of nitrogens with one attached hydrogen (secondary N) is 1. The van der Waals surface area contributed by atoms with Crippen LogP contribution in [0.5, 0.6) is 23.0 Å². The topological polar surface area (TPSA) is 315 Å². The molecule has 1 spiro atoms. The minimum atomic E-state index is -2.00. The highest BCUT2D eigenvalue weighted by Gasteiger charge is 2.56. The largest absolute Gasteiger partial charge is 0.463 e. The summed E-state index contributed by atoms with van der Waals surface area (Å²) in [4.78, 5) is 131. The molecule has 3 saturated heterocycles. The summed E-state index contributed by atoms with van der Waals surface area (Å²) in [5.74, 6) is -9.25. The Morgan fingerprint density at radius 2 is 1.14 bits per heavy atom. The third-order valence-electron chi connectivity index (χ3n) is 14.2. The summed E-state index contributed by atoms with van der Waals surface area (Å²) in [6.45, 7) is 11.7. The number of morpholine rings is 1. The standard InChI is InChI=1S/C58H64Cl2N2O24/c1-27(63)18-37-51(78-32(6)68)53(80-34(8)70)50(26-75-29(3)65)84-56(37)82-45-22-43-39(20-41(45)59)58(38-11-10-35(19-36(38)55(72)86-58)54(71)61-12-9-13-62-14-16-73-17-15-62)40-21-42(60)46(23-44(40)81-43)83-57-48(77-31(5)67)24-47(76-30(4)66)52(79-33(7)69)49(85-57)25-74-28(2)64/h10-11,19-23,37,47-53,56-57H,9,12-18,24-26H2,1-8H3,(H,61,71)/t37?,47?,48?,49?,50?,51?,52-,53-,56+,57-,58?/m1/s1. The van der Waals surface area contributed by atoms with E-state index < -0.39 is 146 Å². The average Bonchev–Trinajstić information content (AvgIpc) is 1.55. The second-order valence-electron chi connectivity index (χ2n) is 20.8.